The quantitative estimate of drug-likeness (QED) is 0.158. The minimum absolute atomic E-state index is 0.0849. The highest BCUT2D eigenvalue weighted by atomic mass is 32.2. The molecule has 184 valence electrons. The van der Waals surface area contributed by atoms with Gasteiger partial charge in [-0.05, 0) is 62.4 Å². The van der Waals surface area contributed by atoms with Crippen molar-refractivity contribution in [2.24, 2.45) is 0 Å². The monoisotopic (exact) mass is 522 g/mol. The Hall–Kier alpha value is -3.96. The van der Waals surface area contributed by atoms with Gasteiger partial charge < -0.3 is 15.4 Å². The average Bonchev–Trinajstić information content (AvgIpc) is 3.26. The predicted octanol–water partition coefficient (Wildman–Crippen LogP) is 5.97. The summed E-state index contributed by atoms with van der Waals surface area (Å²) < 4.78 is 6.44. The Labute approximate surface area is 215 Å². The zero-order valence-corrected chi connectivity index (χ0v) is 21.0. The molecule has 36 heavy (non-hydrogen) atoms. The molecule has 0 fully saturated rings. The highest BCUT2D eigenvalue weighted by Crippen LogP contribution is 2.31. The van der Waals surface area contributed by atoms with Gasteiger partial charge in [0, 0.05) is 28.3 Å². The van der Waals surface area contributed by atoms with Crippen molar-refractivity contribution >= 4 is 61.6 Å². The first-order chi connectivity index (χ1) is 17.3. The molecular weight excluding hydrogens is 500 g/mol. The highest BCUT2D eigenvalue weighted by Gasteiger charge is 2.17. The smallest absolute Gasteiger partial charge is 0.269 e. The molecule has 1 aromatic heterocycles. The number of thiazole rings is 1. The standard InChI is InChI=1S/C25H22N4O5S2/c1-3-34-19-11-12-21-22(14-19)36-25(27-21)28-23(30)15(2)35-20-6-4-5-17(13-20)26-24(31)16-7-9-18(10-8-16)29(32)33/h4-15H,3H2,1-2H3,(H,26,31)(H,27,28,30). The van der Waals surface area contributed by atoms with Crippen molar-refractivity contribution in [1.82, 2.24) is 4.98 Å². The molecule has 0 spiro atoms. The predicted molar refractivity (Wildman–Crippen MR) is 142 cm³/mol. The number of anilines is 2. The van der Waals surface area contributed by atoms with Crippen LogP contribution in [0.15, 0.2) is 71.6 Å². The maximum Gasteiger partial charge on any atom is 0.269 e. The van der Waals surface area contributed by atoms with Crippen LogP contribution in [0.25, 0.3) is 10.2 Å². The largest absolute Gasteiger partial charge is 0.494 e. The first-order valence-corrected chi connectivity index (χ1v) is 12.7. The number of rotatable bonds is 9. The van der Waals surface area contributed by atoms with Gasteiger partial charge in [-0.1, -0.05) is 17.4 Å². The van der Waals surface area contributed by atoms with Crippen molar-refractivity contribution in [1.29, 1.82) is 0 Å². The second kappa shape index (κ2) is 11.2. The lowest BCUT2D eigenvalue weighted by molar-refractivity contribution is -0.384. The second-order valence-electron chi connectivity index (χ2n) is 7.62. The van der Waals surface area contributed by atoms with Crippen LogP contribution in [0.1, 0.15) is 24.2 Å². The Morgan fingerprint density at radius 1 is 1.11 bits per heavy atom. The summed E-state index contributed by atoms with van der Waals surface area (Å²) in [7, 11) is 0. The Kier molecular flexibility index (Phi) is 7.81. The SMILES string of the molecule is CCOc1ccc2nc(NC(=O)C(C)Sc3cccc(NC(=O)c4ccc([N+](=O)[O-])cc4)c3)sc2c1. The molecule has 11 heteroatoms. The molecule has 0 saturated heterocycles. The Morgan fingerprint density at radius 2 is 1.89 bits per heavy atom. The van der Waals surface area contributed by atoms with Crippen LogP contribution in [0, 0.1) is 10.1 Å². The number of nitro groups is 1. The number of ether oxygens (including phenoxy) is 1. The maximum atomic E-state index is 12.8. The molecule has 1 atom stereocenters. The van der Waals surface area contributed by atoms with Gasteiger partial charge in [0.2, 0.25) is 5.91 Å². The fourth-order valence-corrected chi connectivity index (χ4v) is 5.09. The molecule has 0 bridgehead atoms. The molecule has 3 aromatic carbocycles. The van der Waals surface area contributed by atoms with Gasteiger partial charge in [-0.3, -0.25) is 19.7 Å². The zero-order valence-electron chi connectivity index (χ0n) is 19.4. The third kappa shape index (κ3) is 6.18. The van der Waals surface area contributed by atoms with Crippen molar-refractivity contribution in [2.75, 3.05) is 17.2 Å². The first-order valence-electron chi connectivity index (χ1n) is 11.0. The van der Waals surface area contributed by atoms with Gasteiger partial charge in [0.25, 0.3) is 11.6 Å². The van der Waals surface area contributed by atoms with Crippen LogP contribution in [-0.4, -0.2) is 33.6 Å². The number of nitrogens with one attached hydrogen (secondary N) is 2. The van der Waals surface area contributed by atoms with E-state index in [0.717, 1.165) is 20.9 Å². The number of fused-ring (bicyclic) bond motifs is 1. The third-order valence-corrected chi connectivity index (χ3v) is 7.04. The molecule has 1 unspecified atom stereocenters. The van der Waals surface area contributed by atoms with Crippen molar-refractivity contribution in [3.05, 3.63) is 82.4 Å². The summed E-state index contributed by atoms with van der Waals surface area (Å²) in [6.07, 6.45) is 0. The summed E-state index contributed by atoms with van der Waals surface area (Å²) in [4.78, 5) is 40.8. The number of nitro benzene ring substituents is 1. The molecule has 4 aromatic rings. The number of nitrogens with zero attached hydrogens (tertiary/aromatic N) is 2. The Bertz CT molecular complexity index is 1420. The number of thioether (sulfide) groups is 1. The van der Waals surface area contributed by atoms with E-state index < -0.39 is 10.2 Å². The molecule has 0 aliphatic rings. The molecule has 1 heterocycles. The van der Waals surface area contributed by atoms with E-state index >= 15 is 0 Å². The summed E-state index contributed by atoms with van der Waals surface area (Å²) in [5.41, 5.74) is 1.55. The maximum absolute atomic E-state index is 12.8. The van der Waals surface area contributed by atoms with Gasteiger partial charge in [0.05, 0.1) is 27.0 Å². The first kappa shape index (κ1) is 25.1. The van der Waals surface area contributed by atoms with Crippen molar-refractivity contribution in [3.63, 3.8) is 0 Å². The number of hydrogen-bond acceptors (Lipinski definition) is 8. The number of aromatic nitrogens is 1. The van der Waals surface area contributed by atoms with Gasteiger partial charge in [-0.25, -0.2) is 4.98 Å². The lowest BCUT2D eigenvalue weighted by atomic mass is 10.2. The van der Waals surface area contributed by atoms with E-state index in [9.17, 15) is 19.7 Å². The van der Waals surface area contributed by atoms with Gasteiger partial charge in [0.15, 0.2) is 5.13 Å². The molecule has 0 radical (unpaired) electrons. The van der Waals surface area contributed by atoms with E-state index in [1.165, 1.54) is 47.4 Å². The van der Waals surface area contributed by atoms with E-state index in [4.69, 9.17) is 4.74 Å². The summed E-state index contributed by atoms with van der Waals surface area (Å²) >= 11 is 2.73. The topological polar surface area (TPSA) is 123 Å². The number of carbonyl (C=O) groups excluding carboxylic acids is 2. The molecule has 0 aliphatic carbocycles. The van der Waals surface area contributed by atoms with Crippen LogP contribution >= 0.6 is 23.1 Å². The van der Waals surface area contributed by atoms with Crippen LogP contribution in [0.3, 0.4) is 0 Å². The summed E-state index contributed by atoms with van der Waals surface area (Å²) in [6, 6.07) is 18.1. The van der Waals surface area contributed by atoms with Crippen LogP contribution in [0.5, 0.6) is 5.75 Å². The van der Waals surface area contributed by atoms with Gasteiger partial charge in [-0.15, -0.1) is 11.8 Å². The fourth-order valence-electron chi connectivity index (χ4n) is 3.26. The lowest BCUT2D eigenvalue weighted by Gasteiger charge is -2.12. The minimum atomic E-state index is -0.519. The fraction of sp³-hybridized carbons (Fsp3) is 0.160. The summed E-state index contributed by atoms with van der Waals surface area (Å²) in [5.74, 6) is 0.182. The molecule has 0 aliphatic heterocycles. The van der Waals surface area contributed by atoms with E-state index in [1.807, 2.05) is 31.2 Å². The van der Waals surface area contributed by atoms with Crippen molar-refractivity contribution < 1.29 is 19.2 Å². The van der Waals surface area contributed by atoms with E-state index in [-0.39, 0.29) is 17.5 Å². The van der Waals surface area contributed by atoms with Crippen LogP contribution in [0.4, 0.5) is 16.5 Å². The van der Waals surface area contributed by atoms with Crippen LogP contribution in [-0.2, 0) is 4.79 Å². The number of hydrogen-bond donors (Lipinski definition) is 2. The molecule has 2 N–H and O–H groups in total. The molecule has 2 amide bonds. The van der Waals surface area contributed by atoms with Gasteiger partial charge in [-0.2, -0.15) is 0 Å². The van der Waals surface area contributed by atoms with Gasteiger partial charge in [0.1, 0.15) is 5.75 Å². The molecule has 9 nitrogen and oxygen atoms in total. The van der Waals surface area contributed by atoms with Crippen LogP contribution in [0.2, 0.25) is 0 Å². The minimum Gasteiger partial charge on any atom is -0.494 e. The molecule has 4 rings (SSSR count). The van der Waals surface area contributed by atoms with E-state index in [2.05, 4.69) is 15.6 Å². The normalized spacial score (nSPS) is 11.6. The average molecular weight is 523 g/mol. The number of carbonyl (C=O) groups is 2. The van der Waals surface area contributed by atoms with E-state index in [1.54, 1.807) is 25.1 Å². The van der Waals surface area contributed by atoms with Crippen molar-refractivity contribution in [2.45, 2.75) is 24.0 Å². The number of amides is 2. The molecular formula is C25H22N4O5S2. The van der Waals surface area contributed by atoms with Gasteiger partial charge >= 0.3 is 0 Å². The Morgan fingerprint density at radius 3 is 2.61 bits per heavy atom. The lowest BCUT2D eigenvalue weighted by Crippen LogP contribution is -2.22. The highest BCUT2D eigenvalue weighted by molar-refractivity contribution is 8.00. The molecule has 0 saturated carbocycles. The van der Waals surface area contributed by atoms with Crippen molar-refractivity contribution in [3.8, 4) is 5.75 Å². The Balaban J connectivity index is 1.37. The van der Waals surface area contributed by atoms with E-state index in [0.29, 0.717) is 23.0 Å². The zero-order chi connectivity index (χ0) is 25.7. The number of non-ortho nitro benzene ring substituents is 1. The third-order valence-electron chi connectivity index (χ3n) is 5.02. The second-order valence-corrected chi connectivity index (χ2v) is 10.1. The number of benzene rings is 3. The van der Waals surface area contributed by atoms with Crippen LogP contribution < -0.4 is 15.4 Å². The summed E-state index contributed by atoms with van der Waals surface area (Å²) in [6.45, 7) is 4.29. The summed E-state index contributed by atoms with van der Waals surface area (Å²) in [5, 5.41) is 16.5.